The third-order valence-corrected chi connectivity index (χ3v) is 3.27. The standard InChI is InChI=1S/C13H14F2N6O/c1-20-7-8(5-18-20)4-17-13(22)9-6-19-21-10(11(14)15)2-3-16-12(9)21/h2,5-7,11,16H,3-4H2,1H3,(H,17,22). The highest BCUT2D eigenvalue weighted by Crippen LogP contribution is 2.26. The number of fused-ring (bicyclic) bond motifs is 1. The second-order valence-corrected chi connectivity index (χ2v) is 4.83. The minimum atomic E-state index is -2.65. The molecule has 0 saturated carbocycles. The van der Waals surface area contributed by atoms with Crippen molar-refractivity contribution in [2.24, 2.45) is 7.05 Å². The number of aryl methyl sites for hydroxylation is 1. The van der Waals surface area contributed by atoms with Gasteiger partial charge in [-0.2, -0.15) is 10.2 Å². The fraction of sp³-hybridized carbons (Fsp3) is 0.308. The Balaban J connectivity index is 1.76. The van der Waals surface area contributed by atoms with E-state index in [4.69, 9.17) is 0 Å². The van der Waals surface area contributed by atoms with Crippen LogP contribution in [0.1, 0.15) is 15.9 Å². The van der Waals surface area contributed by atoms with Crippen molar-refractivity contribution in [3.05, 3.63) is 35.8 Å². The minimum Gasteiger partial charge on any atom is -0.366 e. The SMILES string of the molecule is Cn1cc(CNC(=O)c2cnn3c2NCC=C3C(F)F)cn1. The Morgan fingerprint density at radius 2 is 2.27 bits per heavy atom. The molecule has 0 radical (unpaired) electrons. The molecule has 0 bridgehead atoms. The number of rotatable bonds is 4. The molecule has 0 aromatic carbocycles. The Morgan fingerprint density at radius 1 is 1.45 bits per heavy atom. The number of carbonyl (C=O) groups is 1. The van der Waals surface area contributed by atoms with Crippen LogP contribution in [-0.4, -0.2) is 38.4 Å². The van der Waals surface area contributed by atoms with Gasteiger partial charge in [0.1, 0.15) is 17.1 Å². The molecule has 0 saturated heterocycles. The molecule has 0 aliphatic carbocycles. The topological polar surface area (TPSA) is 76.8 Å². The van der Waals surface area contributed by atoms with Gasteiger partial charge in [0.15, 0.2) is 0 Å². The number of nitrogens with one attached hydrogen (secondary N) is 2. The van der Waals surface area contributed by atoms with Crippen LogP contribution in [0.5, 0.6) is 0 Å². The van der Waals surface area contributed by atoms with E-state index < -0.39 is 6.43 Å². The predicted molar refractivity (Wildman–Crippen MR) is 75.4 cm³/mol. The Hall–Kier alpha value is -2.71. The molecular formula is C13H14F2N6O. The first kappa shape index (κ1) is 14.2. The van der Waals surface area contributed by atoms with Gasteiger partial charge in [-0.1, -0.05) is 0 Å². The maximum atomic E-state index is 12.9. The lowest BCUT2D eigenvalue weighted by Crippen LogP contribution is -2.25. The summed E-state index contributed by atoms with van der Waals surface area (Å²) in [6, 6.07) is 0. The molecule has 0 fully saturated rings. The van der Waals surface area contributed by atoms with E-state index in [1.54, 1.807) is 24.1 Å². The van der Waals surface area contributed by atoms with Gasteiger partial charge in [-0.3, -0.25) is 9.48 Å². The van der Waals surface area contributed by atoms with Gasteiger partial charge in [0.25, 0.3) is 12.3 Å². The van der Waals surface area contributed by atoms with Gasteiger partial charge in [0.05, 0.1) is 12.4 Å². The summed E-state index contributed by atoms with van der Waals surface area (Å²) in [5.74, 6) is -0.102. The monoisotopic (exact) mass is 308 g/mol. The van der Waals surface area contributed by atoms with E-state index in [9.17, 15) is 13.6 Å². The number of allylic oxidation sites excluding steroid dienone is 1. The minimum absolute atomic E-state index is 0.222. The van der Waals surface area contributed by atoms with Crippen molar-refractivity contribution in [1.29, 1.82) is 0 Å². The number of aromatic nitrogens is 4. The van der Waals surface area contributed by atoms with Crippen LogP contribution in [0, 0.1) is 0 Å². The van der Waals surface area contributed by atoms with Crippen molar-refractivity contribution in [2.45, 2.75) is 13.0 Å². The van der Waals surface area contributed by atoms with Crippen molar-refractivity contribution in [1.82, 2.24) is 24.9 Å². The van der Waals surface area contributed by atoms with E-state index in [1.165, 1.54) is 12.3 Å². The van der Waals surface area contributed by atoms with Crippen molar-refractivity contribution < 1.29 is 13.6 Å². The Labute approximate surface area is 124 Å². The second-order valence-electron chi connectivity index (χ2n) is 4.83. The highest BCUT2D eigenvalue weighted by Gasteiger charge is 2.25. The normalized spacial score (nSPS) is 13.5. The zero-order valence-corrected chi connectivity index (χ0v) is 11.8. The Morgan fingerprint density at radius 3 is 2.95 bits per heavy atom. The Bertz CT molecular complexity index is 733. The van der Waals surface area contributed by atoms with Crippen LogP contribution in [0.2, 0.25) is 0 Å². The lowest BCUT2D eigenvalue weighted by molar-refractivity contribution is 0.0951. The molecule has 7 nitrogen and oxygen atoms in total. The van der Waals surface area contributed by atoms with Crippen molar-refractivity contribution in [2.75, 3.05) is 11.9 Å². The molecular weight excluding hydrogens is 294 g/mol. The predicted octanol–water partition coefficient (Wildman–Crippen LogP) is 1.08. The second kappa shape index (κ2) is 5.58. The number of hydrogen-bond donors (Lipinski definition) is 2. The van der Waals surface area contributed by atoms with Gasteiger partial charge >= 0.3 is 0 Å². The summed E-state index contributed by atoms with van der Waals surface area (Å²) >= 11 is 0. The summed E-state index contributed by atoms with van der Waals surface area (Å²) in [6.45, 7) is 0.531. The summed E-state index contributed by atoms with van der Waals surface area (Å²) in [5, 5.41) is 13.5. The lowest BCUT2D eigenvalue weighted by atomic mass is 10.2. The first-order chi connectivity index (χ1) is 10.6. The molecule has 2 N–H and O–H groups in total. The molecule has 0 unspecified atom stereocenters. The van der Waals surface area contributed by atoms with Gasteiger partial charge in [-0.15, -0.1) is 0 Å². The van der Waals surface area contributed by atoms with Crippen molar-refractivity contribution in [3.8, 4) is 0 Å². The number of amides is 1. The molecule has 0 spiro atoms. The van der Waals surface area contributed by atoms with E-state index in [0.717, 1.165) is 10.2 Å². The average molecular weight is 308 g/mol. The quantitative estimate of drug-likeness (QED) is 0.886. The number of nitrogens with zero attached hydrogens (tertiary/aromatic N) is 4. The van der Waals surface area contributed by atoms with Crippen molar-refractivity contribution >= 4 is 17.4 Å². The molecule has 2 aromatic rings. The third kappa shape index (κ3) is 2.57. The summed E-state index contributed by atoms with van der Waals surface area (Å²) in [5.41, 5.74) is 0.855. The average Bonchev–Trinajstić information content (AvgIpc) is 3.10. The van der Waals surface area contributed by atoms with E-state index in [2.05, 4.69) is 20.8 Å². The van der Waals surface area contributed by atoms with Crippen LogP contribution in [0.15, 0.2) is 24.7 Å². The van der Waals surface area contributed by atoms with Crippen LogP contribution in [0.3, 0.4) is 0 Å². The number of alkyl halides is 2. The van der Waals surface area contributed by atoms with Crippen LogP contribution in [-0.2, 0) is 13.6 Å². The zero-order chi connectivity index (χ0) is 15.7. The number of carbonyl (C=O) groups excluding carboxylic acids is 1. The van der Waals surface area contributed by atoms with Gasteiger partial charge in [-0.05, 0) is 6.08 Å². The van der Waals surface area contributed by atoms with Crippen molar-refractivity contribution in [3.63, 3.8) is 0 Å². The molecule has 2 aromatic heterocycles. The highest BCUT2D eigenvalue weighted by molar-refractivity contribution is 5.99. The molecule has 3 rings (SSSR count). The first-order valence-electron chi connectivity index (χ1n) is 6.62. The maximum Gasteiger partial charge on any atom is 0.280 e. The highest BCUT2D eigenvalue weighted by atomic mass is 19.3. The third-order valence-electron chi connectivity index (χ3n) is 3.27. The van der Waals surface area contributed by atoms with E-state index in [1.807, 2.05) is 0 Å². The summed E-state index contributed by atoms with van der Waals surface area (Å²) < 4.78 is 28.5. The molecule has 9 heteroatoms. The molecule has 1 aliphatic heterocycles. The fourth-order valence-corrected chi connectivity index (χ4v) is 2.24. The van der Waals surface area contributed by atoms with Crippen LogP contribution >= 0.6 is 0 Å². The van der Waals surface area contributed by atoms with Crippen LogP contribution in [0.4, 0.5) is 14.6 Å². The number of halogens is 2. The van der Waals surface area contributed by atoms with E-state index in [0.29, 0.717) is 6.54 Å². The molecule has 22 heavy (non-hydrogen) atoms. The molecule has 1 aliphatic rings. The summed E-state index contributed by atoms with van der Waals surface area (Å²) in [7, 11) is 1.78. The van der Waals surface area contributed by atoms with Crippen LogP contribution in [0.25, 0.3) is 5.70 Å². The largest absolute Gasteiger partial charge is 0.366 e. The maximum absolute atomic E-state index is 12.9. The van der Waals surface area contributed by atoms with Gasteiger partial charge < -0.3 is 10.6 Å². The van der Waals surface area contributed by atoms with E-state index in [-0.39, 0.29) is 29.5 Å². The zero-order valence-electron chi connectivity index (χ0n) is 11.8. The Kier molecular flexibility index (Phi) is 3.61. The van der Waals surface area contributed by atoms with Gasteiger partial charge in [0.2, 0.25) is 0 Å². The smallest absolute Gasteiger partial charge is 0.280 e. The first-order valence-corrected chi connectivity index (χ1v) is 6.62. The number of anilines is 1. The molecule has 0 atom stereocenters. The lowest BCUT2D eigenvalue weighted by Gasteiger charge is -2.17. The molecule has 116 valence electrons. The van der Waals surface area contributed by atoms with Gasteiger partial charge in [-0.25, -0.2) is 13.5 Å². The number of hydrogen-bond acceptors (Lipinski definition) is 4. The summed E-state index contributed by atoms with van der Waals surface area (Å²) in [6.07, 6.45) is 3.41. The van der Waals surface area contributed by atoms with E-state index >= 15 is 0 Å². The molecule has 3 heterocycles. The van der Waals surface area contributed by atoms with Gasteiger partial charge in [0, 0.05) is 31.9 Å². The molecule has 1 amide bonds. The fourth-order valence-electron chi connectivity index (χ4n) is 2.24. The van der Waals surface area contributed by atoms with Crippen LogP contribution < -0.4 is 10.6 Å². The summed E-state index contributed by atoms with van der Waals surface area (Å²) in [4.78, 5) is 12.2.